The van der Waals surface area contributed by atoms with E-state index in [-0.39, 0.29) is 0 Å². The maximum Gasteiger partial charge on any atom is 0.152 e. The van der Waals surface area contributed by atoms with Crippen molar-refractivity contribution in [2.75, 3.05) is 0 Å². The number of carbonyl (C=O) groups is 1. The van der Waals surface area contributed by atoms with E-state index in [1.165, 1.54) is 0 Å². The number of hydrogen-bond donors (Lipinski definition) is 0. The molecule has 0 aromatic carbocycles. The number of halogens is 1. The van der Waals surface area contributed by atoms with Gasteiger partial charge in [0.25, 0.3) is 0 Å². The minimum Gasteiger partial charge on any atom is -0.298 e. The summed E-state index contributed by atoms with van der Waals surface area (Å²) in [7, 11) is 0. The Hall–Kier alpha value is -0.700. The zero-order valence-corrected chi connectivity index (χ0v) is 7.05. The molecule has 0 radical (unpaired) electrons. The zero-order valence-electron chi connectivity index (χ0n) is 5.47. The average molecular weight is 200 g/mol. The summed E-state index contributed by atoms with van der Waals surface area (Å²) >= 11 is 3.16. The molecule has 0 fully saturated rings. The molecule has 1 aromatic rings. The van der Waals surface area contributed by atoms with Crippen molar-refractivity contribution < 1.29 is 4.79 Å². The molecule has 10 heavy (non-hydrogen) atoms. The lowest BCUT2D eigenvalue weighted by atomic mass is 10.3. The maximum absolute atomic E-state index is 10.3. The van der Waals surface area contributed by atoms with Gasteiger partial charge in [-0.05, 0) is 35.0 Å². The number of nitrogens with zero attached hydrogens (tertiary/aromatic N) is 1. The monoisotopic (exact) mass is 199 g/mol. The molecule has 0 aliphatic heterocycles. The summed E-state index contributed by atoms with van der Waals surface area (Å²) in [4.78, 5) is 14.3. The van der Waals surface area contributed by atoms with Crippen LogP contribution in [0.15, 0.2) is 16.7 Å². The van der Waals surface area contributed by atoms with Gasteiger partial charge in [-0.15, -0.1) is 0 Å². The number of hydrogen-bond acceptors (Lipinski definition) is 2. The second kappa shape index (κ2) is 2.92. The van der Waals surface area contributed by atoms with Gasteiger partial charge in [-0.25, -0.2) is 4.98 Å². The van der Waals surface area contributed by atoms with Crippen LogP contribution in [0.1, 0.15) is 16.1 Å². The van der Waals surface area contributed by atoms with Crippen molar-refractivity contribution in [3.8, 4) is 0 Å². The van der Waals surface area contributed by atoms with Crippen LogP contribution in [-0.4, -0.2) is 11.3 Å². The number of aryl methyl sites for hydroxylation is 1. The minimum absolute atomic E-state index is 0.589. The highest BCUT2D eigenvalue weighted by Crippen LogP contribution is 2.11. The zero-order chi connectivity index (χ0) is 7.56. The lowest BCUT2D eigenvalue weighted by Gasteiger charge is -1.94. The number of rotatable bonds is 1. The van der Waals surface area contributed by atoms with Gasteiger partial charge in [0.15, 0.2) is 6.29 Å². The molecular formula is C7H6BrNO. The van der Waals surface area contributed by atoms with E-state index >= 15 is 0 Å². The van der Waals surface area contributed by atoms with Crippen LogP contribution < -0.4 is 0 Å². The largest absolute Gasteiger partial charge is 0.298 e. The quantitative estimate of drug-likeness (QED) is 0.512. The van der Waals surface area contributed by atoms with E-state index in [9.17, 15) is 4.79 Å². The topological polar surface area (TPSA) is 30.0 Å². The highest BCUT2D eigenvalue weighted by Gasteiger charge is 1.97. The van der Waals surface area contributed by atoms with Crippen LogP contribution in [0.3, 0.4) is 0 Å². The van der Waals surface area contributed by atoms with Gasteiger partial charge >= 0.3 is 0 Å². The number of aldehydes is 1. The van der Waals surface area contributed by atoms with Crippen LogP contribution in [0.4, 0.5) is 0 Å². The average Bonchev–Trinajstić information content (AvgIpc) is 1.88. The summed E-state index contributed by atoms with van der Waals surface area (Å²) in [5.74, 6) is 0. The van der Waals surface area contributed by atoms with E-state index in [2.05, 4.69) is 20.9 Å². The highest BCUT2D eigenvalue weighted by atomic mass is 79.9. The van der Waals surface area contributed by atoms with Crippen LogP contribution in [0.2, 0.25) is 0 Å². The lowest BCUT2D eigenvalue weighted by molar-refractivity contribution is 0.112. The molecule has 1 aromatic heterocycles. The molecule has 0 atom stereocenters. The first-order valence-corrected chi connectivity index (χ1v) is 3.61. The normalized spacial score (nSPS) is 9.40. The lowest BCUT2D eigenvalue weighted by Crippen LogP contribution is -1.87. The SMILES string of the molecule is Cc1ccc(C=O)c(Br)n1. The molecule has 1 heterocycles. The maximum atomic E-state index is 10.3. The molecule has 2 nitrogen and oxygen atoms in total. The Morgan fingerprint density at radius 1 is 1.60 bits per heavy atom. The van der Waals surface area contributed by atoms with Crippen LogP contribution in [0.5, 0.6) is 0 Å². The van der Waals surface area contributed by atoms with Gasteiger partial charge in [0.2, 0.25) is 0 Å². The van der Waals surface area contributed by atoms with E-state index < -0.39 is 0 Å². The molecule has 3 heteroatoms. The minimum atomic E-state index is 0.589. The fourth-order valence-electron chi connectivity index (χ4n) is 0.624. The molecule has 0 saturated heterocycles. The second-order valence-corrected chi connectivity index (χ2v) is 2.70. The van der Waals surface area contributed by atoms with Crippen LogP contribution >= 0.6 is 15.9 Å². The molecule has 0 bridgehead atoms. The predicted octanol–water partition coefficient (Wildman–Crippen LogP) is 1.97. The molecule has 0 aliphatic carbocycles. The number of aromatic nitrogens is 1. The summed E-state index contributed by atoms with van der Waals surface area (Å²) in [6, 6.07) is 3.54. The van der Waals surface area contributed by atoms with Gasteiger partial charge in [-0.1, -0.05) is 0 Å². The molecule has 1 rings (SSSR count). The van der Waals surface area contributed by atoms with Gasteiger partial charge in [0, 0.05) is 11.3 Å². The molecule has 0 aliphatic rings. The molecule has 0 amide bonds. The van der Waals surface area contributed by atoms with Crippen LogP contribution in [0.25, 0.3) is 0 Å². The van der Waals surface area contributed by atoms with Gasteiger partial charge in [-0.2, -0.15) is 0 Å². The van der Waals surface area contributed by atoms with E-state index in [4.69, 9.17) is 0 Å². The fourth-order valence-corrected chi connectivity index (χ4v) is 1.13. The van der Waals surface area contributed by atoms with Crippen molar-refractivity contribution in [3.63, 3.8) is 0 Å². The van der Waals surface area contributed by atoms with E-state index in [1.807, 2.05) is 6.92 Å². The Morgan fingerprint density at radius 2 is 2.30 bits per heavy atom. The van der Waals surface area contributed by atoms with Crippen molar-refractivity contribution in [2.45, 2.75) is 6.92 Å². The van der Waals surface area contributed by atoms with Crippen molar-refractivity contribution in [2.24, 2.45) is 0 Å². The summed E-state index contributed by atoms with van der Waals surface area (Å²) in [6.45, 7) is 1.87. The van der Waals surface area contributed by atoms with Gasteiger partial charge < -0.3 is 0 Å². The highest BCUT2D eigenvalue weighted by molar-refractivity contribution is 9.10. The first kappa shape index (κ1) is 7.41. The summed E-state index contributed by atoms with van der Waals surface area (Å²) in [5, 5.41) is 0. The molecule has 0 unspecified atom stereocenters. The third kappa shape index (κ3) is 1.42. The van der Waals surface area contributed by atoms with Crippen molar-refractivity contribution >= 4 is 22.2 Å². The molecular weight excluding hydrogens is 194 g/mol. The summed E-state index contributed by atoms with van der Waals surface area (Å²) < 4.78 is 0.613. The van der Waals surface area contributed by atoms with Crippen molar-refractivity contribution in [3.05, 3.63) is 28.0 Å². The van der Waals surface area contributed by atoms with Crippen LogP contribution in [0, 0.1) is 6.92 Å². The Bertz CT molecular complexity index is 260. The smallest absolute Gasteiger partial charge is 0.152 e. The number of pyridine rings is 1. The molecule has 0 saturated carbocycles. The Balaban J connectivity index is 3.19. The number of carbonyl (C=O) groups excluding carboxylic acids is 1. The van der Waals surface area contributed by atoms with Gasteiger partial charge in [0.05, 0.1) is 0 Å². The predicted molar refractivity (Wildman–Crippen MR) is 42.1 cm³/mol. The summed E-state index contributed by atoms with van der Waals surface area (Å²) in [5.41, 5.74) is 1.49. The fraction of sp³-hybridized carbons (Fsp3) is 0.143. The second-order valence-electron chi connectivity index (χ2n) is 1.95. The first-order chi connectivity index (χ1) is 4.74. The molecule has 0 spiro atoms. The van der Waals surface area contributed by atoms with Gasteiger partial charge in [-0.3, -0.25) is 4.79 Å². The van der Waals surface area contributed by atoms with Crippen LogP contribution in [-0.2, 0) is 0 Å². The van der Waals surface area contributed by atoms with Gasteiger partial charge in [0.1, 0.15) is 4.60 Å². The first-order valence-electron chi connectivity index (χ1n) is 2.82. The van der Waals surface area contributed by atoms with E-state index in [1.54, 1.807) is 12.1 Å². The third-order valence-corrected chi connectivity index (χ3v) is 1.78. The van der Waals surface area contributed by atoms with Crippen molar-refractivity contribution in [1.82, 2.24) is 4.98 Å². The third-order valence-electron chi connectivity index (χ3n) is 1.14. The standard InChI is InChI=1S/C7H6BrNO/c1-5-2-3-6(4-10)7(8)9-5/h2-4H,1H3. The van der Waals surface area contributed by atoms with Crippen molar-refractivity contribution in [1.29, 1.82) is 0 Å². The molecule has 52 valence electrons. The Labute approximate surface area is 67.4 Å². The molecule has 0 N–H and O–H groups in total. The van der Waals surface area contributed by atoms with E-state index in [0.717, 1.165) is 12.0 Å². The Morgan fingerprint density at radius 3 is 2.80 bits per heavy atom. The van der Waals surface area contributed by atoms with E-state index in [0.29, 0.717) is 10.2 Å². The summed E-state index contributed by atoms with van der Waals surface area (Å²) in [6.07, 6.45) is 0.774. The Kier molecular flexibility index (Phi) is 2.17.